The molecule has 12 heteroatoms. The van der Waals surface area contributed by atoms with E-state index in [1.165, 1.54) is 46.4 Å². The third-order valence-corrected chi connectivity index (χ3v) is 8.84. The number of benzene rings is 3. The van der Waals surface area contributed by atoms with E-state index < -0.39 is 6.36 Å². The Balaban J connectivity index is 1.16. The highest BCUT2D eigenvalue weighted by molar-refractivity contribution is 8.14. The third-order valence-electron chi connectivity index (χ3n) is 7.77. The Kier molecular flexibility index (Phi) is 10.4. The lowest BCUT2D eigenvalue weighted by Gasteiger charge is -2.32. The molecule has 0 radical (unpaired) electrons. The smallest absolute Gasteiger partial charge is 0.406 e. The number of nitrogens with zero attached hydrogens (tertiary/aromatic N) is 5. The monoisotopic (exact) mass is 650 g/mol. The van der Waals surface area contributed by atoms with E-state index in [2.05, 4.69) is 75.9 Å². The lowest BCUT2D eigenvalue weighted by Crippen LogP contribution is -2.36. The number of aryl methyl sites for hydroxylation is 1. The number of urea groups is 1. The van der Waals surface area contributed by atoms with Crippen molar-refractivity contribution >= 4 is 28.6 Å². The lowest BCUT2D eigenvalue weighted by atomic mass is 9.95. The van der Waals surface area contributed by atoms with Crippen LogP contribution in [0, 0.1) is 6.92 Å². The summed E-state index contributed by atoms with van der Waals surface area (Å²) in [5.41, 5.74) is 6.12. The van der Waals surface area contributed by atoms with Gasteiger partial charge in [-0.2, -0.15) is 4.99 Å². The molecule has 1 aliphatic rings. The number of carbonyl (C=O) groups excluding carboxylic acids is 1. The van der Waals surface area contributed by atoms with Gasteiger partial charge >= 0.3 is 12.4 Å². The van der Waals surface area contributed by atoms with Crippen LogP contribution < -0.4 is 15.0 Å². The molecule has 1 N–H and O–H groups in total. The number of halogens is 3. The van der Waals surface area contributed by atoms with Gasteiger partial charge in [0.1, 0.15) is 12.1 Å². The SMILES string of the molecule is Cc1cccc(N2CCCSC2=NC(=O)NCCC(C)c2ccc(-c3ncn(-c4ccc(OC(F)(F)F)cc4)n3)cc2)c1C(C)C. The van der Waals surface area contributed by atoms with Crippen LogP contribution in [0.15, 0.2) is 78.0 Å². The van der Waals surface area contributed by atoms with Crippen molar-refractivity contribution in [2.45, 2.75) is 58.7 Å². The highest BCUT2D eigenvalue weighted by Gasteiger charge is 2.31. The van der Waals surface area contributed by atoms with Gasteiger partial charge in [0, 0.05) is 30.1 Å². The third kappa shape index (κ3) is 8.28. The normalized spacial score (nSPS) is 15.3. The van der Waals surface area contributed by atoms with Crippen LogP contribution >= 0.6 is 11.8 Å². The van der Waals surface area contributed by atoms with E-state index in [1.807, 2.05) is 24.3 Å². The minimum absolute atomic E-state index is 0.186. The van der Waals surface area contributed by atoms with Gasteiger partial charge in [-0.1, -0.05) is 68.9 Å². The molecule has 0 aliphatic carbocycles. The number of rotatable bonds is 9. The highest BCUT2D eigenvalue weighted by atomic mass is 32.2. The van der Waals surface area contributed by atoms with Crippen LogP contribution in [-0.2, 0) is 0 Å². The average Bonchev–Trinajstić information content (AvgIpc) is 3.51. The molecule has 0 spiro atoms. The van der Waals surface area contributed by atoms with Gasteiger partial charge in [0.05, 0.1) is 5.69 Å². The zero-order valence-corrected chi connectivity index (χ0v) is 27.0. The van der Waals surface area contributed by atoms with Gasteiger partial charge in [-0.05, 0) is 78.6 Å². The number of aliphatic imine (C=N–C) groups is 1. The number of anilines is 1. The second-order valence-corrected chi connectivity index (χ2v) is 12.6. The fraction of sp³-hybridized carbons (Fsp3) is 0.353. The summed E-state index contributed by atoms with van der Waals surface area (Å²) in [5, 5.41) is 8.17. The maximum absolute atomic E-state index is 12.9. The summed E-state index contributed by atoms with van der Waals surface area (Å²) in [7, 11) is 0. The Hall–Kier alpha value is -4.32. The summed E-state index contributed by atoms with van der Waals surface area (Å²) in [4.78, 5) is 23.9. The summed E-state index contributed by atoms with van der Waals surface area (Å²) in [5.74, 6) is 1.66. The summed E-state index contributed by atoms with van der Waals surface area (Å²) < 4.78 is 42.7. The molecule has 1 saturated heterocycles. The van der Waals surface area contributed by atoms with Crippen LogP contribution in [0.4, 0.5) is 23.7 Å². The predicted molar refractivity (Wildman–Crippen MR) is 177 cm³/mol. The van der Waals surface area contributed by atoms with Crippen molar-refractivity contribution in [1.82, 2.24) is 20.1 Å². The second-order valence-electron chi connectivity index (χ2n) is 11.5. The Morgan fingerprint density at radius 1 is 1.07 bits per heavy atom. The van der Waals surface area contributed by atoms with E-state index in [-0.39, 0.29) is 17.7 Å². The number of carbonyl (C=O) groups is 1. The number of hydrogen-bond donors (Lipinski definition) is 1. The summed E-state index contributed by atoms with van der Waals surface area (Å²) in [6.45, 7) is 9.94. The van der Waals surface area contributed by atoms with Crippen LogP contribution in [-0.4, -0.2) is 51.2 Å². The molecule has 0 bridgehead atoms. The number of nitrogens with one attached hydrogen (secondary N) is 1. The zero-order valence-electron chi connectivity index (χ0n) is 26.2. The van der Waals surface area contributed by atoms with Crippen molar-refractivity contribution in [2.24, 2.45) is 4.99 Å². The molecule has 3 aromatic carbocycles. The molecule has 5 rings (SSSR count). The van der Waals surface area contributed by atoms with Gasteiger partial charge in [-0.3, -0.25) is 0 Å². The Morgan fingerprint density at radius 2 is 1.80 bits per heavy atom. The Labute approximate surface area is 271 Å². The van der Waals surface area contributed by atoms with E-state index in [9.17, 15) is 18.0 Å². The maximum atomic E-state index is 12.9. The molecule has 1 unspecified atom stereocenters. The molecular weight excluding hydrogens is 613 g/mol. The van der Waals surface area contributed by atoms with Crippen molar-refractivity contribution in [3.8, 4) is 22.8 Å². The highest BCUT2D eigenvalue weighted by Crippen LogP contribution is 2.34. The molecule has 2 heterocycles. The quantitative estimate of drug-likeness (QED) is 0.196. The number of aromatic nitrogens is 3. The maximum Gasteiger partial charge on any atom is 0.573 e. The van der Waals surface area contributed by atoms with Crippen molar-refractivity contribution in [3.05, 3.63) is 89.7 Å². The van der Waals surface area contributed by atoms with Gasteiger partial charge in [-0.15, -0.1) is 18.3 Å². The first-order valence-electron chi connectivity index (χ1n) is 15.2. The number of amides is 2. The fourth-order valence-corrected chi connectivity index (χ4v) is 6.45. The summed E-state index contributed by atoms with van der Waals surface area (Å²) in [6.07, 6.45) is -1.47. The molecule has 8 nitrogen and oxygen atoms in total. The summed E-state index contributed by atoms with van der Waals surface area (Å²) in [6, 6.07) is 19.3. The number of thioether (sulfide) groups is 1. The lowest BCUT2D eigenvalue weighted by molar-refractivity contribution is -0.274. The summed E-state index contributed by atoms with van der Waals surface area (Å²) >= 11 is 1.62. The predicted octanol–water partition coefficient (Wildman–Crippen LogP) is 8.47. The van der Waals surface area contributed by atoms with Crippen LogP contribution in [0.3, 0.4) is 0 Å². The van der Waals surface area contributed by atoms with Crippen molar-refractivity contribution in [1.29, 1.82) is 0 Å². The van der Waals surface area contributed by atoms with Crippen LogP contribution in [0.1, 0.15) is 62.1 Å². The molecule has 4 aromatic rings. The molecule has 46 heavy (non-hydrogen) atoms. The molecule has 1 aromatic heterocycles. The number of amidine groups is 1. The van der Waals surface area contributed by atoms with Gasteiger partial charge in [0.25, 0.3) is 0 Å². The molecule has 1 atom stereocenters. The van der Waals surface area contributed by atoms with E-state index in [1.54, 1.807) is 11.8 Å². The van der Waals surface area contributed by atoms with Crippen molar-refractivity contribution < 1.29 is 22.7 Å². The first kappa shape index (κ1) is 33.1. The largest absolute Gasteiger partial charge is 0.573 e. The van der Waals surface area contributed by atoms with E-state index >= 15 is 0 Å². The van der Waals surface area contributed by atoms with Gasteiger partial charge in [-0.25, -0.2) is 14.5 Å². The van der Waals surface area contributed by atoms with Crippen LogP contribution in [0.2, 0.25) is 0 Å². The van der Waals surface area contributed by atoms with Crippen LogP contribution in [0.25, 0.3) is 17.1 Å². The van der Waals surface area contributed by atoms with Gasteiger partial charge < -0.3 is 15.0 Å². The number of hydrogen-bond acceptors (Lipinski definition) is 5. The van der Waals surface area contributed by atoms with Crippen molar-refractivity contribution in [3.63, 3.8) is 0 Å². The molecule has 242 valence electrons. The Morgan fingerprint density at radius 3 is 2.50 bits per heavy atom. The minimum atomic E-state index is -4.75. The molecule has 1 fully saturated rings. The van der Waals surface area contributed by atoms with Crippen LogP contribution in [0.5, 0.6) is 5.75 Å². The molecule has 1 aliphatic heterocycles. The first-order chi connectivity index (χ1) is 22.0. The zero-order chi connectivity index (χ0) is 32.8. The average molecular weight is 651 g/mol. The van der Waals surface area contributed by atoms with E-state index in [0.717, 1.165) is 47.1 Å². The standard InChI is InChI=1S/C34H37F3N6O2S/c1-22(2)30-24(4)7-5-8-29(30)42-19-6-20-46-33(42)40-32(44)38-18-17-23(3)25-9-11-26(12-10-25)31-39-21-43(41-31)27-13-15-28(16-14-27)45-34(35,36)37/h5,7-16,21-23H,6,17-20H2,1-4H3,(H,38,44). The molecule has 2 amide bonds. The van der Waals surface area contributed by atoms with Crippen molar-refractivity contribution in [2.75, 3.05) is 23.7 Å². The minimum Gasteiger partial charge on any atom is -0.406 e. The topological polar surface area (TPSA) is 84.6 Å². The van der Waals surface area contributed by atoms with Gasteiger partial charge in [0.2, 0.25) is 0 Å². The first-order valence-corrected chi connectivity index (χ1v) is 16.2. The second kappa shape index (κ2) is 14.4. The fourth-order valence-electron chi connectivity index (χ4n) is 5.50. The Bertz CT molecular complexity index is 1670. The van der Waals surface area contributed by atoms with E-state index in [4.69, 9.17) is 0 Å². The van der Waals surface area contributed by atoms with Gasteiger partial charge in [0.15, 0.2) is 11.0 Å². The molecular formula is C34H37F3N6O2S. The number of ether oxygens (including phenoxy) is 1. The number of alkyl halides is 3. The molecule has 0 saturated carbocycles. The van der Waals surface area contributed by atoms with E-state index in [0.29, 0.717) is 24.0 Å².